The minimum Gasteiger partial charge on any atom is -0.376 e. The fraction of sp³-hybridized carbons (Fsp3) is 0.588. The number of hydrogen-bond donors (Lipinski definition) is 1. The number of hydrogen-bond acceptors (Lipinski definition) is 5. The van der Waals surface area contributed by atoms with Gasteiger partial charge in [-0.2, -0.15) is 0 Å². The average molecular weight is 323 g/mol. The second-order valence-corrected chi connectivity index (χ2v) is 6.41. The highest BCUT2D eigenvalue weighted by Gasteiger charge is 2.41. The number of nitrogens with two attached hydrogens (primary N) is 1. The van der Waals surface area contributed by atoms with E-state index in [0.29, 0.717) is 33.0 Å². The molecule has 1 aliphatic heterocycles. The first-order valence-corrected chi connectivity index (χ1v) is 7.67. The molecule has 1 saturated heterocycles. The van der Waals surface area contributed by atoms with Gasteiger partial charge in [-0.1, -0.05) is 30.3 Å². The van der Waals surface area contributed by atoms with Gasteiger partial charge in [0.15, 0.2) is 5.79 Å². The summed E-state index contributed by atoms with van der Waals surface area (Å²) in [6.07, 6.45) is 0. The SMILES string of the molecule is CC1(C)OCC(COCC(N)=O)(COCc2ccccc2)CO1. The lowest BCUT2D eigenvalue weighted by molar-refractivity contribution is -0.298. The second kappa shape index (κ2) is 7.88. The quantitative estimate of drug-likeness (QED) is 0.784. The fourth-order valence-electron chi connectivity index (χ4n) is 2.27. The van der Waals surface area contributed by atoms with E-state index in [4.69, 9.17) is 24.7 Å². The Kier molecular flexibility index (Phi) is 6.12. The van der Waals surface area contributed by atoms with Gasteiger partial charge in [0, 0.05) is 0 Å². The van der Waals surface area contributed by atoms with Crippen molar-refractivity contribution in [2.45, 2.75) is 26.2 Å². The molecule has 0 aromatic heterocycles. The summed E-state index contributed by atoms with van der Waals surface area (Å²) in [5, 5.41) is 0. The standard InChI is InChI=1S/C17H25NO5/c1-16(2)22-12-17(13-23-16,11-21-9-15(18)19)10-20-8-14-6-4-3-5-7-14/h3-7H,8-13H2,1-2H3,(H2,18,19). The molecular formula is C17H25NO5. The zero-order chi connectivity index (χ0) is 16.8. The largest absolute Gasteiger partial charge is 0.376 e. The molecule has 0 saturated carbocycles. The first-order chi connectivity index (χ1) is 10.9. The van der Waals surface area contributed by atoms with Crippen LogP contribution in [0.15, 0.2) is 30.3 Å². The summed E-state index contributed by atoms with van der Waals surface area (Å²) in [7, 11) is 0. The zero-order valence-electron chi connectivity index (χ0n) is 13.7. The van der Waals surface area contributed by atoms with E-state index in [9.17, 15) is 4.79 Å². The molecule has 0 unspecified atom stereocenters. The lowest BCUT2D eigenvalue weighted by atomic mass is 9.91. The lowest BCUT2D eigenvalue weighted by Gasteiger charge is -2.42. The van der Waals surface area contributed by atoms with E-state index in [1.54, 1.807) is 0 Å². The molecule has 1 aromatic rings. The summed E-state index contributed by atoms with van der Waals surface area (Å²) >= 11 is 0. The van der Waals surface area contributed by atoms with Crippen LogP contribution in [0.1, 0.15) is 19.4 Å². The number of primary amides is 1. The molecule has 0 aliphatic carbocycles. The molecule has 0 radical (unpaired) electrons. The Balaban J connectivity index is 1.89. The molecule has 0 atom stereocenters. The van der Waals surface area contributed by atoms with Gasteiger partial charge >= 0.3 is 0 Å². The lowest BCUT2D eigenvalue weighted by Crippen LogP contribution is -2.51. The molecule has 1 heterocycles. The molecule has 128 valence electrons. The smallest absolute Gasteiger partial charge is 0.243 e. The molecule has 2 rings (SSSR count). The molecule has 6 heteroatoms. The summed E-state index contributed by atoms with van der Waals surface area (Å²) in [6, 6.07) is 9.92. The number of benzene rings is 1. The highest BCUT2D eigenvalue weighted by atomic mass is 16.7. The van der Waals surface area contributed by atoms with Gasteiger partial charge in [0.2, 0.25) is 5.91 Å². The molecule has 1 fully saturated rings. The molecular weight excluding hydrogens is 298 g/mol. The van der Waals surface area contributed by atoms with Crippen molar-refractivity contribution in [2.24, 2.45) is 11.1 Å². The Hall–Kier alpha value is -1.47. The van der Waals surface area contributed by atoms with E-state index in [1.165, 1.54) is 0 Å². The second-order valence-electron chi connectivity index (χ2n) is 6.41. The maximum atomic E-state index is 10.9. The van der Waals surface area contributed by atoms with Gasteiger partial charge in [-0.05, 0) is 19.4 Å². The van der Waals surface area contributed by atoms with E-state index in [-0.39, 0.29) is 6.61 Å². The molecule has 1 aliphatic rings. The van der Waals surface area contributed by atoms with Gasteiger partial charge in [-0.25, -0.2) is 0 Å². The van der Waals surface area contributed by atoms with Crippen LogP contribution in [0.25, 0.3) is 0 Å². The van der Waals surface area contributed by atoms with Crippen LogP contribution < -0.4 is 5.73 Å². The Morgan fingerprint density at radius 3 is 2.35 bits per heavy atom. The average Bonchev–Trinajstić information content (AvgIpc) is 2.51. The first kappa shape index (κ1) is 17.9. The number of carbonyl (C=O) groups is 1. The number of ether oxygens (including phenoxy) is 4. The van der Waals surface area contributed by atoms with Crippen molar-refractivity contribution in [3.05, 3.63) is 35.9 Å². The molecule has 2 N–H and O–H groups in total. The van der Waals surface area contributed by atoms with Crippen LogP contribution in [0.5, 0.6) is 0 Å². The first-order valence-electron chi connectivity index (χ1n) is 7.67. The van der Waals surface area contributed by atoms with Crippen LogP contribution in [0.3, 0.4) is 0 Å². The van der Waals surface area contributed by atoms with E-state index in [0.717, 1.165) is 5.56 Å². The van der Waals surface area contributed by atoms with Crippen molar-refractivity contribution in [3.63, 3.8) is 0 Å². The van der Waals surface area contributed by atoms with Gasteiger partial charge < -0.3 is 24.7 Å². The van der Waals surface area contributed by atoms with Crippen LogP contribution in [-0.4, -0.2) is 44.7 Å². The summed E-state index contributed by atoms with van der Waals surface area (Å²) < 4.78 is 22.7. The molecule has 0 spiro atoms. The van der Waals surface area contributed by atoms with Gasteiger partial charge in [-0.15, -0.1) is 0 Å². The van der Waals surface area contributed by atoms with E-state index in [1.807, 2.05) is 44.2 Å². The normalized spacial score (nSPS) is 19.4. The Morgan fingerprint density at radius 1 is 1.13 bits per heavy atom. The van der Waals surface area contributed by atoms with Crippen molar-refractivity contribution in [1.29, 1.82) is 0 Å². The number of carbonyl (C=O) groups excluding carboxylic acids is 1. The van der Waals surface area contributed by atoms with Crippen molar-refractivity contribution in [2.75, 3.05) is 33.0 Å². The predicted molar refractivity (Wildman–Crippen MR) is 84.5 cm³/mol. The monoisotopic (exact) mass is 323 g/mol. The van der Waals surface area contributed by atoms with Gasteiger partial charge in [0.25, 0.3) is 0 Å². The molecule has 23 heavy (non-hydrogen) atoms. The molecule has 1 aromatic carbocycles. The van der Waals surface area contributed by atoms with Gasteiger partial charge in [0.05, 0.1) is 38.4 Å². The third kappa shape index (κ3) is 5.91. The summed E-state index contributed by atoms with van der Waals surface area (Å²) in [6.45, 7) is 5.70. The maximum absolute atomic E-state index is 10.9. The Bertz CT molecular complexity index is 493. The molecule has 0 bridgehead atoms. The predicted octanol–water partition coefficient (Wildman–Crippen LogP) is 1.47. The number of rotatable bonds is 8. The van der Waals surface area contributed by atoms with Crippen molar-refractivity contribution in [1.82, 2.24) is 0 Å². The van der Waals surface area contributed by atoms with Crippen molar-refractivity contribution in [3.8, 4) is 0 Å². The third-order valence-electron chi connectivity index (χ3n) is 3.62. The topological polar surface area (TPSA) is 80.0 Å². The Labute approximate surface area is 136 Å². The number of amides is 1. The van der Waals surface area contributed by atoms with Crippen LogP contribution >= 0.6 is 0 Å². The highest BCUT2D eigenvalue weighted by Crippen LogP contribution is 2.30. The summed E-state index contributed by atoms with van der Waals surface area (Å²) in [4.78, 5) is 10.9. The zero-order valence-corrected chi connectivity index (χ0v) is 13.7. The van der Waals surface area contributed by atoms with Crippen molar-refractivity contribution >= 4 is 5.91 Å². The van der Waals surface area contributed by atoms with E-state index in [2.05, 4.69) is 0 Å². The van der Waals surface area contributed by atoms with E-state index < -0.39 is 17.1 Å². The molecule has 6 nitrogen and oxygen atoms in total. The minimum atomic E-state index is -0.618. The van der Waals surface area contributed by atoms with Gasteiger partial charge in [0.1, 0.15) is 6.61 Å². The highest BCUT2D eigenvalue weighted by molar-refractivity contribution is 5.74. The summed E-state index contributed by atoms with van der Waals surface area (Å²) in [5.41, 5.74) is 5.76. The summed E-state index contributed by atoms with van der Waals surface area (Å²) in [5.74, 6) is -1.12. The van der Waals surface area contributed by atoms with Crippen LogP contribution in [0, 0.1) is 5.41 Å². The minimum absolute atomic E-state index is 0.121. The molecule has 1 amide bonds. The maximum Gasteiger partial charge on any atom is 0.243 e. The Morgan fingerprint density at radius 2 is 1.74 bits per heavy atom. The van der Waals surface area contributed by atoms with Crippen LogP contribution in [0.2, 0.25) is 0 Å². The van der Waals surface area contributed by atoms with Crippen LogP contribution in [0.4, 0.5) is 0 Å². The third-order valence-corrected chi connectivity index (χ3v) is 3.62. The fourth-order valence-corrected chi connectivity index (χ4v) is 2.27. The van der Waals surface area contributed by atoms with E-state index >= 15 is 0 Å². The van der Waals surface area contributed by atoms with Crippen molar-refractivity contribution < 1.29 is 23.7 Å². The van der Waals surface area contributed by atoms with Gasteiger partial charge in [-0.3, -0.25) is 4.79 Å². The van der Waals surface area contributed by atoms with Crippen LogP contribution in [-0.2, 0) is 30.3 Å².